The van der Waals surface area contributed by atoms with Gasteiger partial charge in [0, 0.05) is 14.7 Å². The Labute approximate surface area is 141 Å². The minimum atomic E-state index is -1.39. The maximum atomic E-state index is 5.91. The van der Waals surface area contributed by atoms with Crippen molar-refractivity contribution in [1.29, 1.82) is 0 Å². The molecule has 0 aromatic heterocycles. The molecule has 0 saturated heterocycles. The van der Waals surface area contributed by atoms with Crippen LogP contribution in [-0.4, -0.2) is 34.5 Å². The van der Waals surface area contributed by atoms with Gasteiger partial charge in [0.05, 0.1) is 0 Å². The topological polar surface area (TPSA) is 9.23 Å². The van der Waals surface area contributed by atoms with Crippen molar-refractivity contribution in [2.75, 3.05) is 18.1 Å². The van der Waals surface area contributed by atoms with Gasteiger partial charge in [0.15, 0.2) is 8.32 Å². The standard InChI is InChI=1S/C13H32OS4Si2/c1-7-14-20(5,6)13-9-11-18(17-16-15)10-8-12-19(2,3)4/h7-13H2,1-6H3. The molecule has 0 aromatic rings. The van der Waals surface area contributed by atoms with E-state index >= 15 is 0 Å². The molecule has 0 saturated carbocycles. The molecule has 0 bridgehead atoms. The first-order valence-electron chi connectivity index (χ1n) is 7.48. The van der Waals surface area contributed by atoms with E-state index in [1.165, 1.54) is 45.3 Å². The van der Waals surface area contributed by atoms with Gasteiger partial charge in [-0.2, -0.15) is 0 Å². The van der Waals surface area contributed by atoms with Gasteiger partial charge in [-0.15, -0.1) is 9.45 Å². The fourth-order valence-corrected chi connectivity index (χ4v) is 12.6. The molecule has 7 heteroatoms. The average molecular weight is 389 g/mol. The molecule has 0 aliphatic heterocycles. The molecule has 0 spiro atoms. The zero-order valence-electron chi connectivity index (χ0n) is 14.0. The summed E-state index contributed by atoms with van der Waals surface area (Å²) in [4.78, 5) is 0. The van der Waals surface area contributed by atoms with Crippen LogP contribution >= 0.6 is 0 Å². The van der Waals surface area contributed by atoms with Crippen LogP contribution < -0.4 is 0 Å². The molecular weight excluding hydrogens is 357 g/mol. The molecule has 20 heavy (non-hydrogen) atoms. The number of hydrogen-bond donors (Lipinski definition) is 0. The van der Waals surface area contributed by atoms with E-state index in [4.69, 9.17) is 15.6 Å². The largest absolute Gasteiger partial charge is 0.418 e. The van der Waals surface area contributed by atoms with Gasteiger partial charge in [0.1, 0.15) is 0 Å². The van der Waals surface area contributed by atoms with Crippen molar-refractivity contribution in [1.82, 2.24) is 0 Å². The Morgan fingerprint density at radius 1 is 1.00 bits per heavy atom. The van der Waals surface area contributed by atoms with Gasteiger partial charge >= 0.3 is 0 Å². The number of hydrogen-bond acceptors (Lipinski definition) is 2. The molecular formula is C13H32OS4Si2. The number of rotatable bonds is 10. The summed E-state index contributed by atoms with van der Waals surface area (Å²) < 4.78 is 5.91. The molecule has 0 aliphatic rings. The Hall–Kier alpha value is 1.40. The van der Waals surface area contributed by atoms with Crippen molar-refractivity contribution >= 4 is 54.8 Å². The minimum Gasteiger partial charge on any atom is -0.418 e. The Balaban J connectivity index is 4.18. The average Bonchev–Trinajstić information content (AvgIpc) is 2.26. The summed E-state index contributed by atoms with van der Waals surface area (Å²) in [7, 11) is 1.69. The molecule has 122 valence electrons. The third-order valence-electron chi connectivity index (χ3n) is 3.11. The Morgan fingerprint density at radius 2 is 1.55 bits per heavy atom. The van der Waals surface area contributed by atoms with E-state index in [1.807, 2.05) is 8.88 Å². The molecule has 0 fully saturated rings. The van der Waals surface area contributed by atoms with Gasteiger partial charge in [0.25, 0.3) is 0 Å². The van der Waals surface area contributed by atoms with E-state index in [1.54, 1.807) is 0 Å². The van der Waals surface area contributed by atoms with E-state index in [-0.39, 0.29) is 0 Å². The first-order valence-corrected chi connectivity index (χ1v) is 19.5. The maximum absolute atomic E-state index is 5.91. The predicted molar refractivity (Wildman–Crippen MR) is 110 cm³/mol. The second kappa shape index (κ2) is 11.0. The van der Waals surface area contributed by atoms with Crippen LogP contribution in [0.5, 0.6) is 0 Å². The lowest BCUT2D eigenvalue weighted by Crippen LogP contribution is -2.30. The van der Waals surface area contributed by atoms with Crippen molar-refractivity contribution in [2.24, 2.45) is 0 Å². The maximum Gasteiger partial charge on any atom is 0.186 e. The van der Waals surface area contributed by atoms with E-state index in [0.29, 0.717) is 9.45 Å². The molecule has 0 aromatic carbocycles. The van der Waals surface area contributed by atoms with E-state index in [2.05, 4.69) is 39.7 Å². The van der Waals surface area contributed by atoms with Crippen LogP contribution in [0.4, 0.5) is 0 Å². The van der Waals surface area contributed by atoms with Gasteiger partial charge in [-0.3, -0.25) is 0 Å². The van der Waals surface area contributed by atoms with Crippen LogP contribution in [0.2, 0.25) is 44.8 Å². The summed E-state index contributed by atoms with van der Waals surface area (Å²) in [5.74, 6) is 2.71. The monoisotopic (exact) mass is 388 g/mol. The first kappa shape index (κ1) is 21.4. The third kappa shape index (κ3) is 13.1. The molecule has 1 unspecified atom stereocenters. The van der Waals surface area contributed by atoms with Crippen LogP contribution in [-0.2, 0) is 42.8 Å². The van der Waals surface area contributed by atoms with Crippen LogP contribution in [0.3, 0.4) is 0 Å². The highest BCUT2D eigenvalue weighted by Crippen LogP contribution is 2.15. The van der Waals surface area contributed by atoms with Crippen LogP contribution in [0.15, 0.2) is 0 Å². The molecule has 0 N–H and O–H groups in total. The van der Waals surface area contributed by atoms with Gasteiger partial charge in [-0.1, -0.05) is 25.7 Å². The van der Waals surface area contributed by atoms with E-state index < -0.39 is 16.4 Å². The zero-order chi connectivity index (χ0) is 15.6. The lowest BCUT2D eigenvalue weighted by atomic mass is 10.6. The Morgan fingerprint density at radius 3 is 2.00 bits per heavy atom. The summed E-state index contributed by atoms with van der Waals surface area (Å²) in [5.41, 5.74) is 0. The van der Waals surface area contributed by atoms with Crippen molar-refractivity contribution in [3.8, 4) is 0 Å². The second-order valence-electron chi connectivity index (χ2n) is 6.94. The SMILES string of the molecule is CCO[Si](C)(C)CCCS(CCC[Si](C)(C)C)=S=S=S. The quantitative estimate of drug-likeness (QED) is 0.512. The fourth-order valence-electron chi connectivity index (χ4n) is 2.09. The summed E-state index contributed by atoms with van der Waals surface area (Å²) in [6.07, 6.45) is 2.71. The van der Waals surface area contributed by atoms with Gasteiger partial charge < -0.3 is 4.43 Å². The Bertz CT molecular complexity index is 367. The first-order chi connectivity index (χ1) is 9.20. The molecule has 0 radical (unpaired) electrons. The Kier molecular flexibility index (Phi) is 11.8. The van der Waals surface area contributed by atoms with E-state index in [0.717, 1.165) is 6.61 Å². The summed E-state index contributed by atoms with van der Waals surface area (Å²) >= 11 is 5.10. The predicted octanol–water partition coefficient (Wildman–Crippen LogP) is 4.42. The third-order valence-corrected chi connectivity index (χ3v) is 14.8. The smallest absolute Gasteiger partial charge is 0.186 e. The molecule has 1 atom stereocenters. The van der Waals surface area contributed by atoms with Gasteiger partial charge in [-0.25, -0.2) is 0 Å². The summed E-state index contributed by atoms with van der Waals surface area (Å²) in [5, 5.41) is 0. The van der Waals surface area contributed by atoms with Crippen LogP contribution in [0.1, 0.15) is 19.8 Å². The highest BCUT2D eigenvalue weighted by molar-refractivity contribution is 8.58. The molecule has 0 rings (SSSR count). The highest BCUT2D eigenvalue weighted by Gasteiger charge is 2.21. The summed E-state index contributed by atoms with van der Waals surface area (Å²) in [6.45, 7) is 15.1. The van der Waals surface area contributed by atoms with Crippen molar-refractivity contribution in [3.05, 3.63) is 0 Å². The van der Waals surface area contributed by atoms with Crippen molar-refractivity contribution < 1.29 is 4.43 Å². The lowest BCUT2D eigenvalue weighted by Gasteiger charge is -2.22. The highest BCUT2D eigenvalue weighted by atomic mass is 33.2. The van der Waals surface area contributed by atoms with Gasteiger partial charge in [0.2, 0.25) is 0 Å². The molecule has 0 heterocycles. The summed E-state index contributed by atoms with van der Waals surface area (Å²) in [6, 6.07) is 2.75. The zero-order valence-corrected chi connectivity index (χ0v) is 19.3. The van der Waals surface area contributed by atoms with Crippen LogP contribution in [0, 0.1) is 0 Å². The van der Waals surface area contributed by atoms with Crippen LogP contribution in [0.25, 0.3) is 0 Å². The lowest BCUT2D eigenvalue weighted by molar-refractivity contribution is 0.328. The van der Waals surface area contributed by atoms with Gasteiger partial charge in [-0.05, 0) is 79.4 Å². The fraction of sp³-hybridized carbons (Fsp3) is 1.00. The normalized spacial score (nSPS) is 14.1. The van der Waals surface area contributed by atoms with Crippen molar-refractivity contribution in [3.63, 3.8) is 0 Å². The molecule has 0 aliphatic carbocycles. The molecule has 1 nitrogen and oxygen atoms in total. The second-order valence-corrected chi connectivity index (χ2v) is 23.5. The molecule has 0 amide bonds. The van der Waals surface area contributed by atoms with Crippen molar-refractivity contribution in [2.45, 2.75) is 64.6 Å². The van der Waals surface area contributed by atoms with E-state index in [9.17, 15) is 0 Å². The minimum absolute atomic E-state index is 0.467.